The second-order valence-electron chi connectivity index (χ2n) is 6.32. The lowest BCUT2D eigenvalue weighted by atomic mass is 10.1. The maximum absolute atomic E-state index is 12.1. The molecule has 0 aromatic heterocycles. The Balaban J connectivity index is 0.00000243. The van der Waals surface area contributed by atoms with E-state index in [4.69, 9.17) is 4.74 Å². The molecule has 4 nitrogen and oxygen atoms in total. The molecule has 0 atom stereocenters. The number of anilines is 1. The van der Waals surface area contributed by atoms with Gasteiger partial charge in [-0.1, -0.05) is 47.0 Å². The topological polar surface area (TPSA) is 50.4 Å². The highest BCUT2D eigenvalue weighted by atomic mass is 79.9. The van der Waals surface area contributed by atoms with Crippen LogP contribution in [-0.4, -0.2) is 18.6 Å². The van der Waals surface area contributed by atoms with E-state index in [1.54, 1.807) is 0 Å². The van der Waals surface area contributed by atoms with Crippen LogP contribution in [0.15, 0.2) is 53.0 Å². The molecule has 1 amide bonds. The average molecular weight is 440 g/mol. The van der Waals surface area contributed by atoms with Gasteiger partial charge in [-0.3, -0.25) is 4.79 Å². The van der Waals surface area contributed by atoms with Gasteiger partial charge < -0.3 is 15.4 Å². The SMILES string of the molecule is Cl.O=C(COc1ccc(Br)cc1CNC1CCCC1)Nc1ccccc1. The van der Waals surface area contributed by atoms with Gasteiger partial charge in [-0.25, -0.2) is 0 Å². The Bertz CT molecular complexity index is 706. The summed E-state index contributed by atoms with van der Waals surface area (Å²) in [6.07, 6.45) is 5.09. The van der Waals surface area contributed by atoms with Crippen molar-refractivity contribution in [3.05, 3.63) is 58.6 Å². The zero-order valence-electron chi connectivity index (χ0n) is 14.5. The van der Waals surface area contributed by atoms with Crippen LogP contribution in [0.2, 0.25) is 0 Å². The third-order valence-corrected chi connectivity index (χ3v) is 4.87. The number of halogens is 2. The maximum Gasteiger partial charge on any atom is 0.262 e. The first kappa shape index (κ1) is 20.7. The van der Waals surface area contributed by atoms with Gasteiger partial charge >= 0.3 is 0 Å². The highest BCUT2D eigenvalue weighted by molar-refractivity contribution is 9.10. The summed E-state index contributed by atoms with van der Waals surface area (Å²) in [5.74, 6) is 0.584. The fourth-order valence-corrected chi connectivity index (χ4v) is 3.48. The van der Waals surface area contributed by atoms with Crippen molar-refractivity contribution in [2.75, 3.05) is 11.9 Å². The van der Waals surface area contributed by atoms with E-state index >= 15 is 0 Å². The van der Waals surface area contributed by atoms with Crippen molar-refractivity contribution in [3.8, 4) is 5.75 Å². The molecule has 0 heterocycles. The third-order valence-electron chi connectivity index (χ3n) is 4.38. The van der Waals surface area contributed by atoms with Crippen LogP contribution < -0.4 is 15.4 Å². The van der Waals surface area contributed by atoms with E-state index in [0.717, 1.165) is 28.0 Å². The maximum atomic E-state index is 12.1. The molecule has 0 unspecified atom stereocenters. The first-order chi connectivity index (χ1) is 12.2. The first-order valence-electron chi connectivity index (χ1n) is 8.70. The van der Waals surface area contributed by atoms with Crippen molar-refractivity contribution in [1.29, 1.82) is 0 Å². The molecular weight excluding hydrogens is 416 g/mol. The van der Waals surface area contributed by atoms with Crippen molar-refractivity contribution in [2.45, 2.75) is 38.3 Å². The molecule has 0 bridgehead atoms. The van der Waals surface area contributed by atoms with Gasteiger partial charge in [0.25, 0.3) is 5.91 Å². The van der Waals surface area contributed by atoms with Crippen LogP contribution in [-0.2, 0) is 11.3 Å². The van der Waals surface area contributed by atoms with Crippen LogP contribution in [0.3, 0.4) is 0 Å². The number of para-hydroxylation sites is 1. The average Bonchev–Trinajstić information content (AvgIpc) is 3.13. The Morgan fingerprint density at radius 2 is 1.85 bits per heavy atom. The summed E-state index contributed by atoms with van der Waals surface area (Å²) in [6, 6.07) is 15.9. The second kappa shape index (κ2) is 10.6. The summed E-state index contributed by atoms with van der Waals surface area (Å²) in [5, 5.41) is 6.42. The van der Waals surface area contributed by atoms with Crippen molar-refractivity contribution < 1.29 is 9.53 Å². The monoisotopic (exact) mass is 438 g/mol. The minimum absolute atomic E-state index is 0. The smallest absolute Gasteiger partial charge is 0.262 e. The molecule has 2 N–H and O–H groups in total. The number of amides is 1. The van der Waals surface area contributed by atoms with Gasteiger partial charge in [0.05, 0.1) is 0 Å². The minimum Gasteiger partial charge on any atom is -0.483 e. The largest absolute Gasteiger partial charge is 0.483 e. The molecule has 0 saturated heterocycles. The Kier molecular flexibility index (Phi) is 8.42. The van der Waals surface area contributed by atoms with Gasteiger partial charge in [0, 0.05) is 28.3 Å². The summed E-state index contributed by atoms with van der Waals surface area (Å²) in [6.45, 7) is 0.743. The van der Waals surface area contributed by atoms with E-state index in [-0.39, 0.29) is 24.9 Å². The van der Waals surface area contributed by atoms with E-state index in [1.165, 1.54) is 25.7 Å². The predicted octanol–water partition coefficient (Wildman–Crippen LogP) is 4.92. The molecular formula is C20H24BrClN2O2. The summed E-state index contributed by atoms with van der Waals surface area (Å²) >= 11 is 3.51. The zero-order chi connectivity index (χ0) is 17.5. The minimum atomic E-state index is -0.163. The van der Waals surface area contributed by atoms with Crippen LogP contribution in [0.5, 0.6) is 5.75 Å². The number of carbonyl (C=O) groups is 1. The lowest BCUT2D eigenvalue weighted by Gasteiger charge is -2.16. The van der Waals surface area contributed by atoms with Gasteiger partial charge in [-0.15, -0.1) is 12.4 Å². The number of carbonyl (C=O) groups excluding carboxylic acids is 1. The van der Waals surface area contributed by atoms with Crippen LogP contribution in [0.1, 0.15) is 31.2 Å². The number of ether oxygens (including phenoxy) is 1. The molecule has 2 aromatic carbocycles. The van der Waals surface area contributed by atoms with Gasteiger partial charge in [0.2, 0.25) is 0 Å². The highest BCUT2D eigenvalue weighted by Crippen LogP contribution is 2.25. The van der Waals surface area contributed by atoms with Crippen molar-refractivity contribution in [1.82, 2.24) is 5.32 Å². The molecule has 3 rings (SSSR count). The number of hydrogen-bond acceptors (Lipinski definition) is 3. The molecule has 1 aliphatic carbocycles. The summed E-state index contributed by atoms with van der Waals surface area (Å²) in [4.78, 5) is 12.1. The normalized spacial score (nSPS) is 13.9. The van der Waals surface area contributed by atoms with Gasteiger partial charge in [0.15, 0.2) is 6.61 Å². The zero-order valence-corrected chi connectivity index (χ0v) is 16.9. The molecule has 0 radical (unpaired) electrons. The van der Waals surface area contributed by atoms with Crippen molar-refractivity contribution in [3.63, 3.8) is 0 Å². The lowest BCUT2D eigenvalue weighted by Crippen LogP contribution is -2.26. The Hall–Kier alpha value is -1.56. The molecule has 1 fully saturated rings. The number of nitrogens with one attached hydrogen (secondary N) is 2. The van der Waals surface area contributed by atoms with Crippen LogP contribution in [0, 0.1) is 0 Å². The molecule has 0 spiro atoms. The number of hydrogen-bond donors (Lipinski definition) is 2. The van der Waals surface area contributed by atoms with Crippen LogP contribution in [0.4, 0.5) is 5.69 Å². The highest BCUT2D eigenvalue weighted by Gasteiger charge is 2.15. The third kappa shape index (κ3) is 6.31. The van der Waals surface area contributed by atoms with E-state index in [1.807, 2.05) is 48.5 Å². The summed E-state index contributed by atoms with van der Waals surface area (Å²) in [7, 11) is 0. The van der Waals surface area contributed by atoms with Gasteiger partial charge in [-0.2, -0.15) is 0 Å². The fourth-order valence-electron chi connectivity index (χ4n) is 3.07. The number of benzene rings is 2. The standard InChI is InChI=1S/C20H23BrN2O2.ClH/c21-16-10-11-19(15(12-16)13-22-17-6-4-5-7-17)25-14-20(24)23-18-8-2-1-3-9-18;/h1-3,8-12,17,22H,4-7,13-14H2,(H,23,24);1H. The van der Waals surface area contributed by atoms with Crippen LogP contribution >= 0.6 is 28.3 Å². The molecule has 2 aromatic rings. The molecule has 6 heteroatoms. The second-order valence-corrected chi connectivity index (χ2v) is 7.23. The van der Waals surface area contributed by atoms with Gasteiger partial charge in [-0.05, 0) is 43.2 Å². The molecule has 1 saturated carbocycles. The van der Waals surface area contributed by atoms with Gasteiger partial charge in [0.1, 0.15) is 5.75 Å². The van der Waals surface area contributed by atoms with E-state index in [2.05, 4.69) is 26.6 Å². The molecule has 0 aliphatic heterocycles. The molecule has 26 heavy (non-hydrogen) atoms. The lowest BCUT2D eigenvalue weighted by molar-refractivity contribution is -0.118. The van der Waals surface area contributed by atoms with E-state index in [9.17, 15) is 4.79 Å². The van der Waals surface area contributed by atoms with Crippen molar-refractivity contribution >= 4 is 39.9 Å². The Morgan fingerprint density at radius 3 is 2.58 bits per heavy atom. The summed E-state index contributed by atoms with van der Waals surface area (Å²) in [5.41, 5.74) is 1.84. The fraction of sp³-hybridized carbons (Fsp3) is 0.350. The molecule has 1 aliphatic rings. The Morgan fingerprint density at radius 1 is 1.12 bits per heavy atom. The van der Waals surface area contributed by atoms with Crippen LogP contribution in [0.25, 0.3) is 0 Å². The van der Waals surface area contributed by atoms with Crippen molar-refractivity contribution in [2.24, 2.45) is 0 Å². The van der Waals surface area contributed by atoms with E-state index < -0.39 is 0 Å². The molecule has 140 valence electrons. The van der Waals surface area contributed by atoms with E-state index in [0.29, 0.717) is 6.04 Å². The number of rotatable bonds is 7. The predicted molar refractivity (Wildman–Crippen MR) is 111 cm³/mol. The quantitative estimate of drug-likeness (QED) is 0.644. The first-order valence-corrected chi connectivity index (χ1v) is 9.49. The summed E-state index contributed by atoms with van der Waals surface area (Å²) < 4.78 is 6.78. The Labute approximate surface area is 169 Å².